The maximum Gasteiger partial charge on any atom is 0.459 e. The van der Waals surface area contributed by atoms with Crippen LogP contribution in [0.3, 0.4) is 0 Å². The zero-order chi connectivity index (χ0) is 25.3. The van der Waals surface area contributed by atoms with E-state index in [1.807, 2.05) is 0 Å². The topological polar surface area (TPSA) is 189 Å². The van der Waals surface area contributed by atoms with Gasteiger partial charge in [0.25, 0.3) is 5.56 Å². The van der Waals surface area contributed by atoms with Gasteiger partial charge in [-0.1, -0.05) is 18.2 Å². The summed E-state index contributed by atoms with van der Waals surface area (Å²) < 4.78 is 37.5. The van der Waals surface area contributed by atoms with E-state index < -0.39 is 67.7 Å². The van der Waals surface area contributed by atoms with Gasteiger partial charge >= 0.3 is 19.4 Å². The van der Waals surface area contributed by atoms with Crippen molar-refractivity contribution in [3.63, 3.8) is 0 Å². The maximum absolute atomic E-state index is 13.3. The Labute approximate surface area is 188 Å². The molecule has 3 rings (SSSR count). The SMILES string of the molecule is [2H]c1c[nH]c(=O)n([C@@H]2O[C@H](COP(=O)(N[C@@H](C)C(=O)O)Oc3ccccc3)[C@@H](O)[C@@]2(C)O)c1=O. The molecule has 0 spiro atoms. The van der Waals surface area contributed by atoms with Crippen molar-refractivity contribution in [2.75, 3.05) is 6.61 Å². The molecule has 6 atom stereocenters. The van der Waals surface area contributed by atoms with E-state index in [0.717, 1.165) is 13.1 Å². The third-order valence-corrected chi connectivity index (χ3v) is 6.56. The number of aromatic nitrogens is 2. The molecule has 1 aliphatic heterocycles. The summed E-state index contributed by atoms with van der Waals surface area (Å²) in [6.45, 7) is 1.63. The molecule has 33 heavy (non-hydrogen) atoms. The molecule has 0 saturated carbocycles. The Morgan fingerprint density at radius 3 is 2.73 bits per heavy atom. The number of aliphatic hydroxyl groups is 2. The number of carbonyl (C=O) groups is 1. The lowest BCUT2D eigenvalue weighted by Crippen LogP contribution is -2.49. The van der Waals surface area contributed by atoms with Crippen LogP contribution in [0.1, 0.15) is 21.4 Å². The molecule has 1 aliphatic rings. The first-order valence-electron chi connectivity index (χ1n) is 10.2. The highest BCUT2D eigenvalue weighted by molar-refractivity contribution is 7.52. The normalized spacial score (nSPS) is 28.0. The van der Waals surface area contributed by atoms with Gasteiger partial charge in [0.05, 0.1) is 7.98 Å². The fraction of sp³-hybridized carbons (Fsp3) is 0.421. The molecule has 5 N–H and O–H groups in total. The minimum Gasteiger partial charge on any atom is -0.480 e. The Balaban J connectivity index is 1.84. The van der Waals surface area contributed by atoms with Gasteiger partial charge in [-0.3, -0.25) is 14.1 Å². The molecular formula is C19H24N3O10P. The number of aliphatic carboxylic acids is 1. The number of nitrogens with zero attached hydrogens (tertiary/aromatic N) is 1. The van der Waals surface area contributed by atoms with Crippen LogP contribution in [0.2, 0.25) is 0 Å². The van der Waals surface area contributed by atoms with Crippen molar-refractivity contribution in [1.29, 1.82) is 0 Å². The molecular weight excluding hydrogens is 461 g/mol. The molecule has 0 radical (unpaired) electrons. The molecule has 13 nitrogen and oxygen atoms in total. The fourth-order valence-corrected chi connectivity index (χ4v) is 4.64. The Bertz CT molecular complexity index is 1200. The number of carboxylic acid groups (broad SMARTS) is 1. The molecule has 1 aromatic heterocycles. The number of aromatic amines is 1. The third-order valence-electron chi connectivity index (χ3n) is 4.92. The number of ether oxygens (including phenoxy) is 1. The lowest BCUT2D eigenvalue weighted by Gasteiger charge is -2.27. The predicted octanol–water partition coefficient (Wildman–Crippen LogP) is -0.188. The van der Waals surface area contributed by atoms with Crippen LogP contribution in [-0.4, -0.2) is 61.3 Å². The Morgan fingerprint density at radius 2 is 2.09 bits per heavy atom. The summed E-state index contributed by atoms with van der Waals surface area (Å²) in [6.07, 6.45) is -4.00. The molecule has 2 aromatic rings. The summed E-state index contributed by atoms with van der Waals surface area (Å²) in [6, 6.07) is 5.82. The van der Waals surface area contributed by atoms with Crippen LogP contribution in [0, 0.1) is 0 Å². The van der Waals surface area contributed by atoms with E-state index in [1.54, 1.807) is 18.2 Å². The number of hydrogen-bond acceptors (Lipinski definition) is 9. The number of H-pyrrole nitrogens is 1. The van der Waals surface area contributed by atoms with E-state index in [2.05, 4.69) is 10.1 Å². The molecule has 1 saturated heterocycles. The summed E-state index contributed by atoms with van der Waals surface area (Å²) in [4.78, 5) is 37.9. The highest BCUT2D eigenvalue weighted by Crippen LogP contribution is 2.46. The summed E-state index contributed by atoms with van der Waals surface area (Å²) in [5.74, 6) is -1.24. The van der Waals surface area contributed by atoms with Gasteiger partial charge in [-0.05, 0) is 26.0 Å². The van der Waals surface area contributed by atoms with Crippen LogP contribution >= 0.6 is 7.75 Å². The van der Waals surface area contributed by atoms with E-state index in [-0.39, 0.29) is 5.75 Å². The first-order chi connectivity index (χ1) is 15.9. The van der Waals surface area contributed by atoms with Gasteiger partial charge in [0, 0.05) is 12.2 Å². The van der Waals surface area contributed by atoms with Crippen LogP contribution in [0.25, 0.3) is 0 Å². The lowest BCUT2D eigenvalue weighted by atomic mass is 9.96. The quantitative estimate of drug-likeness (QED) is 0.295. The molecule has 1 aromatic carbocycles. The lowest BCUT2D eigenvalue weighted by molar-refractivity contribution is -0.138. The highest BCUT2D eigenvalue weighted by atomic mass is 31.2. The average molecular weight is 486 g/mol. The molecule has 0 amide bonds. The van der Waals surface area contributed by atoms with Gasteiger partial charge in [-0.15, -0.1) is 0 Å². The van der Waals surface area contributed by atoms with Gasteiger partial charge in [-0.25, -0.2) is 13.9 Å². The van der Waals surface area contributed by atoms with Gasteiger partial charge in [-0.2, -0.15) is 5.09 Å². The van der Waals surface area contributed by atoms with Crippen LogP contribution in [0.15, 0.2) is 52.2 Å². The zero-order valence-electron chi connectivity index (χ0n) is 18.6. The Hall–Kier alpha value is -2.80. The van der Waals surface area contributed by atoms with Crippen LogP contribution in [0.4, 0.5) is 0 Å². The highest BCUT2D eigenvalue weighted by Gasteiger charge is 2.54. The van der Waals surface area contributed by atoms with Gasteiger partial charge in [0.1, 0.15) is 29.6 Å². The van der Waals surface area contributed by atoms with Crippen molar-refractivity contribution in [3.8, 4) is 5.75 Å². The Morgan fingerprint density at radius 1 is 1.42 bits per heavy atom. The molecule has 2 heterocycles. The summed E-state index contributed by atoms with van der Waals surface area (Å²) in [5.41, 5.74) is -4.25. The number of benzene rings is 1. The van der Waals surface area contributed by atoms with Crippen molar-refractivity contribution in [1.82, 2.24) is 14.6 Å². The van der Waals surface area contributed by atoms with Crippen molar-refractivity contribution in [2.24, 2.45) is 0 Å². The second kappa shape index (κ2) is 9.59. The van der Waals surface area contributed by atoms with E-state index in [1.165, 1.54) is 19.1 Å². The average Bonchev–Trinajstić information content (AvgIpc) is 2.99. The van der Waals surface area contributed by atoms with Crippen molar-refractivity contribution >= 4 is 13.7 Å². The van der Waals surface area contributed by atoms with Crippen molar-refractivity contribution in [2.45, 2.75) is 43.9 Å². The zero-order valence-corrected chi connectivity index (χ0v) is 18.5. The van der Waals surface area contributed by atoms with Crippen LogP contribution in [0.5, 0.6) is 5.75 Å². The largest absolute Gasteiger partial charge is 0.480 e. The van der Waals surface area contributed by atoms with E-state index in [9.17, 15) is 29.2 Å². The van der Waals surface area contributed by atoms with E-state index in [4.69, 9.17) is 20.3 Å². The van der Waals surface area contributed by atoms with Crippen molar-refractivity contribution in [3.05, 3.63) is 63.4 Å². The minimum atomic E-state index is -4.36. The number of nitrogens with one attached hydrogen (secondary N) is 2. The molecule has 1 fully saturated rings. The predicted molar refractivity (Wildman–Crippen MR) is 113 cm³/mol. The van der Waals surface area contributed by atoms with Gasteiger partial charge < -0.3 is 29.6 Å². The number of carboxylic acids is 1. The fourth-order valence-electron chi connectivity index (χ4n) is 3.13. The molecule has 180 valence electrons. The number of rotatable bonds is 9. The summed E-state index contributed by atoms with van der Waals surface area (Å²) in [7, 11) is -4.36. The van der Waals surface area contributed by atoms with E-state index >= 15 is 0 Å². The molecule has 0 bridgehead atoms. The second-order valence-electron chi connectivity index (χ2n) is 7.50. The summed E-state index contributed by atoms with van der Waals surface area (Å²) in [5, 5.41) is 32.8. The first-order valence-corrected chi connectivity index (χ1v) is 11.3. The monoisotopic (exact) mass is 486 g/mol. The third kappa shape index (κ3) is 5.41. The molecule has 0 aliphatic carbocycles. The minimum absolute atomic E-state index is 0.0963. The van der Waals surface area contributed by atoms with Gasteiger partial charge in [0.15, 0.2) is 6.23 Å². The number of para-hydroxylation sites is 1. The maximum atomic E-state index is 13.3. The molecule has 14 heteroatoms. The summed E-state index contributed by atoms with van der Waals surface area (Å²) >= 11 is 0. The first kappa shape index (κ1) is 23.4. The Kier molecular flexibility index (Phi) is 6.79. The van der Waals surface area contributed by atoms with Crippen LogP contribution in [-0.2, 0) is 18.6 Å². The number of aliphatic hydroxyl groups excluding tert-OH is 1. The standard InChI is InChI=1S/C19H24N3O10P/c1-11(16(25)26)21-33(29,32-12-6-4-3-5-7-12)30-10-13-15(24)19(2,28)17(31-13)22-14(23)8-9-20-18(22)27/h3-9,11,13,15,17,24,28H,10H2,1-2H3,(H,20,27)(H,21,29)(H,25,26)/t11-,13+,15+,17+,19+,33?/m0/s1/i8D. The second-order valence-corrected chi connectivity index (χ2v) is 9.19. The molecule has 1 unspecified atom stereocenters. The van der Waals surface area contributed by atoms with Crippen molar-refractivity contribution < 1.29 is 39.8 Å². The smallest absolute Gasteiger partial charge is 0.459 e. The van der Waals surface area contributed by atoms with Gasteiger partial charge in [0.2, 0.25) is 0 Å². The number of hydrogen-bond donors (Lipinski definition) is 5. The van der Waals surface area contributed by atoms with E-state index in [0.29, 0.717) is 4.57 Å². The van der Waals surface area contributed by atoms with Crippen LogP contribution < -0.4 is 20.9 Å².